The van der Waals surface area contributed by atoms with Gasteiger partial charge in [-0.2, -0.15) is 0 Å². The van der Waals surface area contributed by atoms with Crippen LogP contribution in [-0.2, 0) is 11.2 Å². The van der Waals surface area contributed by atoms with Crippen molar-refractivity contribution in [3.05, 3.63) is 54.5 Å². The van der Waals surface area contributed by atoms with E-state index >= 15 is 0 Å². The summed E-state index contributed by atoms with van der Waals surface area (Å²) in [4.78, 5) is 22.2. The molecule has 2 heterocycles. The first-order chi connectivity index (χ1) is 10.8. The topological polar surface area (TPSA) is 55.3 Å². The Morgan fingerprint density at radius 2 is 2.14 bits per heavy atom. The lowest BCUT2D eigenvalue weighted by atomic mass is 10.1. The third-order valence-electron chi connectivity index (χ3n) is 3.79. The number of amides is 1. The number of ether oxygens (including phenoxy) is 1. The number of hydrogen-bond acceptors (Lipinski definition) is 4. The van der Waals surface area contributed by atoms with Gasteiger partial charge in [-0.3, -0.25) is 9.78 Å². The van der Waals surface area contributed by atoms with Crippen molar-refractivity contribution < 1.29 is 9.53 Å². The molecule has 1 aromatic carbocycles. The Bertz CT molecular complexity index is 604. The first kappa shape index (κ1) is 14.5. The maximum Gasteiger partial charge on any atom is 0.232 e. The normalized spacial score (nSPS) is 17.5. The molecule has 0 unspecified atom stereocenters. The molecule has 22 heavy (non-hydrogen) atoms. The Morgan fingerprint density at radius 1 is 1.27 bits per heavy atom. The van der Waals surface area contributed by atoms with Crippen LogP contribution < -0.4 is 4.74 Å². The molecule has 0 saturated carbocycles. The molecule has 3 rings (SSSR count). The number of benzene rings is 1. The van der Waals surface area contributed by atoms with Crippen LogP contribution in [0, 0.1) is 0 Å². The van der Waals surface area contributed by atoms with Crippen LogP contribution in [0.1, 0.15) is 18.4 Å². The third-order valence-corrected chi connectivity index (χ3v) is 3.79. The molecule has 1 saturated heterocycles. The van der Waals surface area contributed by atoms with Crippen LogP contribution >= 0.6 is 0 Å². The summed E-state index contributed by atoms with van der Waals surface area (Å²) in [7, 11) is 0. The highest BCUT2D eigenvalue weighted by atomic mass is 16.5. The molecule has 0 spiro atoms. The lowest BCUT2D eigenvalue weighted by Crippen LogP contribution is -2.31. The van der Waals surface area contributed by atoms with Crippen LogP contribution in [0.15, 0.2) is 48.9 Å². The quantitative estimate of drug-likeness (QED) is 0.848. The summed E-state index contributed by atoms with van der Waals surface area (Å²) in [5, 5.41) is 0. The van der Waals surface area contributed by atoms with Gasteiger partial charge in [-0.05, 0) is 12.0 Å². The summed E-state index contributed by atoms with van der Waals surface area (Å²) >= 11 is 0. The molecule has 1 aliphatic heterocycles. The average molecular weight is 297 g/mol. The molecule has 2 aromatic rings. The third kappa shape index (κ3) is 3.81. The van der Waals surface area contributed by atoms with Gasteiger partial charge in [-0.25, -0.2) is 4.98 Å². The highest BCUT2D eigenvalue weighted by Crippen LogP contribution is 2.17. The van der Waals surface area contributed by atoms with Crippen LogP contribution in [0.4, 0.5) is 0 Å². The first-order valence-electron chi connectivity index (χ1n) is 7.55. The Morgan fingerprint density at radius 3 is 2.91 bits per heavy atom. The minimum absolute atomic E-state index is 0.0115. The monoisotopic (exact) mass is 297 g/mol. The molecule has 0 N–H and O–H groups in total. The van der Waals surface area contributed by atoms with Gasteiger partial charge in [0.25, 0.3) is 0 Å². The van der Waals surface area contributed by atoms with Gasteiger partial charge < -0.3 is 9.64 Å². The van der Waals surface area contributed by atoms with E-state index in [2.05, 4.69) is 22.1 Å². The fourth-order valence-corrected chi connectivity index (χ4v) is 2.62. The summed E-state index contributed by atoms with van der Waals surface area (Å²) in [5.74, 6) is 0.709. The molecular formula is C17H19N3O2. The van der Waals surface area contributed by atoms with Gasteiger partial charge in [-0.1, -0.05) is 30.3 Å². The Kier molecular flexibility index (Phi) is 4.63. The van der Waals surface area contributed by atoms with Crippen molar-refractivity contribution in [3.8, 4) is 5.88 Å². The fourth-order valence-electron chi connectivity index (χ4n) is 2.62. The molecule has 1 aromatic heterocycles. The lowest BCUT2D eigenvalue weighted by molar-refractivity contribution is -0.130. The predicted octanol–water partition coefficient (Wildman–Crippen LogP) is 2.09. The Balaban J connectivity index is 1.46. The van der Waals surface area contributed by atoms with E-state index < -0.39 is 0 Å². The van der Waals surface area contributed by atoms with Gasteiger partial charge in [0.05, 0.1) is 12.7 Å². The molecule has 0 radical (unpaired) electrons. The molecule has 1 atom stereocenters. The van der Waals surface area contributed by atoms with E-state index in [-0.39, 0.29) is 12.0 Å². The largest absolute Gasteiger partial charge is 0.471 e. The van der Waals surface area contributed by atoms with Crippen molar-refractivity contribution >= 4 is 5.91 Å². The van der Waals surface area contributed by atoms with E-state index in [0.717, 1.165) is 19.4 Å². The van der Waals surface area contributed by atoms with Crippen molar-refractivity contribution in [2.75, 3.05) is 13.1 Å². The maximum absolute atomic E-state index is 12.3. The van der Waals surface area contributed by atoms with Crippen molar-refractivity contribution in [3.63, 3.8) is 0 Å². The van der Waals surface area contributed by atoms with Crippen molar-refractivity contribution in [2.45, 2.75) is 25.4 Å². The lowest BCUT2D eigenvalue weighted by Gasteiger charge is -2.16. The Labute approximate surface area is 130 Å². The van der Waals surface area contributed by atoms with Gasteiger partial charge in [-0.15, -0.1) is 0 Å². The summed E-state index contributed by atoms with van der Waals surface area (Å²) in [5.41, 5.74) is 1.20. The first-order valence-corrected chi connectivity index (χ1v) is 7.55. The van der Waals surface area contributed by atoms with Crippen LogP contribution in [-0.4, -0.2) is 40.0 Å². The zero-order chi connectivity index (χ0) is 15.2. The Hall–Kier alpha value is -2.43. The van der Waals surface area contributed by atoms with Crippen molar-refractivity contribution in [1.82, 2.24) is 14.9 Å². The molecule has 5 heteroatoms. The molecular weight excluding hydrogens is 278 g/mol. The molecule has 114 valence electrons. The zero-order valence-electron chi connectivity index (χ0n) is 12.4. The van der Waals surface area contributed by atoms with Crippen molar-refractivity contribution in [2.24, 2.45) is 0 Å². The van der Waals surface area contributed by atoms with E-state index in [1.54, 1.807) is 18.6 Å². The summed E-state index contributed by atoms with van der Waals surface area (Å²) < 4.78 is 5.75. The van der Waals surface area contributed by atoms with Crippen LogP contribution in [0.5, 0.6) is 5.88 Å². The number of carbonyl (C=O) groups excluding carboxylic acids is 1. The molecule has 1 amide bonds. The number of nitrogens with zero attached hydrogens (tertiary/aromatic N) is 3. The van der Waals surface area contributed by atoms with Crippen molar-refractivity contribution in [1.29, 1.82) is 0 Å². The molecule has 1 fully saturated rings. The minimum atomic E-state index is 0.0115. The standard InChI is InChI=1S/C17H19N3O2/c21-17(7-6-14-4-2-1-3-5-14)20-11-8-15(13-20)22-16-12-18-9-10-19-16/h1-5,9-10,12,15H,6-8,11,13H2/t15-/m0/s1. The number of rotatable bonds is 5. The second-order valence-corrected chi connectivity index (χ2v) is 5.40. The number of carbonyl (C=O) groups is 1. The molecule has 0 bridgehead atoms. The van der Waals surface area contributed by atoms with Gasteiger partial charge in [0.1, 0.15) is 6.10 Å². The van der Waals surface area contributed by atoms with E-state index in [0.29, 0.717) is 18.8 Å². The van der Waals surface area contributed by atoms with E-state index in [9.17, 15) is 4.79 Å². The minimum Gasteiger partial charge on any atom is -0.471 e. The zero-order valence-corrected chi connectivity index (χ0v) is 12.4. The maximum atomic E-state index is 12.3. The SMILES string of the molecule is O=C(CCc1ccccc1)N1CC[C@H](Oc2cnccn2)C1. The summed E-state index contributed by atoms with van der Waals surface area (Å²) in [6.07, 6.45) is 6.99. The molecule has 1 aliphatic rings. The van der Waals surface area contributed by atoms with Gasteiger partial charge in [0, 0.05) is 31.8 Å². The second-order valence-electron chi connectivity index (χ2n) is 5.40. The number of hydrogen-bond donors (Lipinski definition) is 0. The van der Waals surface area contributed by atoms with Gasteiger partial charge >= 0.3 is 0 Å². The highest BCUT2D eigenvalue weighted by molar-refractivity contribution is 5.76. The fraction of sp³-hybridized carbons (Fsp3) is 0.353. The number of likely N-dealkylation sites (tertiary alicyclic amines) is 1. The second kappa shape index (κ2) is 7.02. The van der Waals surface area contributed by atoms with Crippen LogP contribution in [0.25, 0.3) is 0 Å². The highest BCUT2D eigenvalue weighted by Gasteiger charge is 2.27. The molecule has 5 nitrogen and oxygen atoms in total. The van der Waals surface area contributed by atoms with E-state index in [1.807, 2.05) is 23.1 Å². The summed E-state index contributed by atoms with van der Waals surface area (Å²) in [6, 6.07) is 10.1. The van der Waals surface area contributed by atoms with E-state index in [4.69, 9.17) is 4.74 Å². The number of aromatic nitrogens is 2. The van der Waals surface area contributed by atoms with E-state index in [1.165, 1.54) is 5.56 Å². The average Bonchev–Trinajstić information content (AvgIpc) is 3.03. The predicted molar refractivity (Wildman–Crippen MR) is 82.4 cm³/mol. The smallest absolute Gasteiger partial charge is 0.232 e. The van der Waals surface area contributed by atoms with Gasteiger partial charge in [0.2, 0.25) is 11.8 Å². The van der Waals surface area contributed by atoms with Crippen LogP contribution in [0.2, 0.25) is 0 Å². The van der Waals surface area contributed by atoms with Crippen LogP contribution in [0.3, 0.4) is 0 Å². The molecule has 0 aliphatic carbocycles. The summed E-state index contributed by atoms with van der Waals surface area (Å²) in [6.45, 7) is 1.38. The van der Waals surface area contributed by atoms with Gasteiger partial charge in [0.15, 0.2) is 0 Å². The number of aryl methyl sites for hydroxylation is 1.